The molecule has 0 bridgehead atoms. The van der Waals surface area contributed by atoms with Crippen molar-refractivity contribution in [2.75, 3.05) is 7.11 Å². The topological polar surface area (TPSA) is 44.1 Å². The summed E-state index contributed by atoms with van der Waals surface area (Å²) in [5, 5.41) is 3.99. The number of benzene rings is 1. The maximum absolute atomic E-state index is 12.4. The van der Waals surface area contributed by atoms with Gasteiger partial charge < -0.3 is 4.74 Å². The second-order valence-corrected chi connectivity index (χ2v) is 5.35. The van der Waals surface area contributed by atoms with Crippen molar-refractivity contribution in [2.45, 2.75) is 10.7 Å². The van der Waals surface area contributed by atoms with Gasteiger partial charge in [-0.2, -0.15) is 13.9 Å². The number of nitrogens with zero attached hydrogens (tertiary/aromatic N) is 2. The third-order valence-corrected chi connectivity index (χ3v) is 3.70. The summed E-state index contributed by atoms with van der Waals surface area (Å²) in [5.41, 5.74) is 1.15. The molecule has 22 heavy (non-hydrogen) atoms. The average Bonchev–Trinajstić information content (AvgIpc) is 2.90. The fourth-order valence-corrected chi connectivity index (χ4v) is 2.42. The first-order chi connectivity index (χ1) is 10.5. The van der Waals surface area contributed by atoms with E-state index in [0.29, 0.717) is 22.2 Å². The van der Waals surface area contributed by atoms with Crippen LogP contribution in [-0.2, 0) is 7.05 Å². The molecule has 0 unspecified atom stereocenters. The van der Waals surface area contributed by atoms with Crippen LogP contribution in [-0.4, -0.2) is 28.4 Å². The molecule has 1 aromatic carbocycles. The molecular formula is C15H14F2N2O2S. The lowest BCUT2D eigenvalue weighted by Gasteiger charge is -2.08. The molecule has 4 nitrogen and oxygen atoms in total. The van der Waals surface area contributed by atoms with Crippen LogP contribution in [0, 0.1) is 0 Å². The number of carbonyl (C=O) groups is 1. The van der Waals surface area contributed by atoms with Gasteiger partial charge in [-0.15, -0.1) is 0 Å². The second-order valence-electron chi connectivity index (χ2n) is 4.32. The molecule has 0 aliphatic heterocycles. The Balaban J connectivity index is 2.20. The molecule has 0 fully saturated rings. The molecule has 0 N–H and O–H groups in total. The van der Waals surface area contributed by atoms with Gasteiger partial charge in [-0.05, 0) is 36.4 Å². The highest BCUT2D eigenvalue weighted by Gasteiger charge is 2.13. The Kier molecular flexibility index (Phi) is 5.32. The molecule has 0 radical (unpaired) electrons. The molecule has 2 rings (SSSR count). The van der Waals surface area contributed by atoms with Gasteiger partial charge in [0.1, 0.15) is 5.75 Å². The highest BCUT2D eigenvalue weighted by molar-refractivity contribution is 7.99. The molecule has 0 saturated carbocycles. The number of hydrogen-bond acceptors (Lipinski definition) is 4. The number of rotatable bonds is 6. The van der Waals surface area contributed by atoms with Crippen LogP contribution < -0.4 is 4.74 Å². The van der Waals surface area contributed by atoms with E-state index in [1.807, 2.05) is 0 Å². The normalized spacial score (nSPS) is 11.3. The third kappa shape index (κ3) is 3.94. The van der Waals surface area contributed by atoms with Crippen molar-refractivity contribution >= 4 is 23.6 Å². The van der Waals surface area contributed by atoms with Crippen molar-refractivity contribution in [1.29, 1.82) is 0 Å². The van der Waals surface area contributed by atoms with E-state index in [4.69, 9.17) is 4.74 Å². The number of alkyl halides is 2. The van der Waals surface area contributed by atoms with Gasteiger partial charge in [0, 0.05) is 18.8 Å². The summed E-state index contributed by atoms with van der Waals surface area (Å²) in [7, 11) is 3.15. The van der Waals surface area contributed by atoms with Gasteiger partial charge in [-0.25, -0.2) is 0 Å². The molecule has 0 spiro atoms. The quantitative estimate of drug-likeness (QED) is 0.462. The lowest BCUT2D eigenvalue weighted by molar-refractivity contribution is 0.104. The number of ketones is 1. The fraction of sp³-hybridized carbons (Fsp3) is 0.200. The lowest BCUT2D eigenvalue weighted by Crippen LogP contribution is -1.98. The molecule has 0 amide bonds. The van der Waals surface area contributed by atoms with E-state index in [1.54, 1.807) is 30.1 Å². The van der Waals surface area contributed by atoms with Crippen LogP contribution in [0.25, 0.3) is 6.08 Å². The van der Waals surface area contributed by atoms with E-state index in [0.717, 1.165) is 5.69 Å². The molecule has 0 aliphatic rings. The number of aromatic nitrogens is 2. The Morgan fingerprint density at radius 1 is 1.41 bits per heavy atom. The standard InChI is InChI=1S/C15H14F2N2O2S/c1-19-11(7-8-18-19)4-5-12(20)10-3-6-14(22-15(16)17)13(9-10)21-2/h3-9,15H,1-2H3/b5-4-. The van der Waals surface area contributed by atoms with Gasteiger partial charge in [0.2, 0.25) is 0 Å². The van der Waals surface area contributed by atoms with Gasteiger partial charge in [-0.3, -0.25) is 9.48 Å². The van der Waals surface area contributed by atoms with Crippen LogP contribution in [0.5, 0.6) is 5.75 Å². The molecule has 2 aromatic rings. The van der Waals surface area contributed by atoms with Crippen LogP contribution in [0.4, 0.5) is 8.78 Å². The van der Waals surface area contributed by atoms with E-state index < -0.39 is 5.76 Å². The van der Waals surface area contributed by atoms with E-state index in [2.05, 4.69) is 5.10 Å². The Hall–Kier alpha value is -2.15. The smallest absolute Gasteiger partial charge is 0.289 e. The maximum atomic E-state index is 12.4. The summed E-state index contributed by atoms with van der Waals surface area (Å²) in [6.07, 6.45) is 4.68. The zero-order valence-corrected chi connectivity index (χ0v) is 12.8. The van der Waals surface area contributed by atoms with Crippen LogP contribution in [0.15, 0.2) is 41.4 Å². The third-order valence-electron chi connectivity index (χ3n) is 2.93. The van der Waals surface area contributed by atoms with Gasteiger partial charge in [0.15, 0.2) is 5.78 Å². The molecule has 0 saturated heterocycles. The zero-order valence-electron chi connectivity index (χ0n) is 12.0. The molecular weight excluding hydrogens is 310 g/mol. The number of thioether (sulfide) groups is 1. The summed E-state index contributed by atoms with van der Waals surface area (Å²) in [6.45, 7) is 0. The Morgan fingerprint density at radius 2 is 2.18 bits per heavy atom. The van der Waals surface area contributed by atoms with E-state index in [9.17, 15) is 13.6 Å². The molecule has 1 aromatic heterocycles. The summed E-state index contributed by atoms with van der Waals surface area (Å²) < 4.78 is 31.6. The predicted octanol–water partition coefficient (Wildman–Crippen LogP) is 3.64. The first kappa shape index (κ1) is 16.2. The Labute approximate surface area is 130 Å². The van der Waals surface area contributed by atoms with E-state index in [-0.39, 0.29) is 11.5 Å². The van der Waals surface area contributed by atoms with Crippen molar-refractivity contribution in [3.63, 3.8) is 0 Å². The van der Waals surface area contributed by atoms with Crippen molar-refractivity contribution < 1.29 is 18.3 Å². The van der Waals surface area contributed by atoms with Gasteiger partial charge >= 0.3 is 0 Å². The first-order valence-corrected chi connectivity index (χ1v) is 7.22. The molecule has 116 valence electrons. The van der Waals surface area contributed by atoms with Crippen LogP contribution >= 0.6 is 11.8 Å². The maximum Gasteiger partial charge on any atom is 0.289 e. The Morgan fingerprint density at radius 3 is 2.77 bits per heavy atom. The van der Waals surface area contributed by atoms with Crippen molar-refractivity contribution in [3.8, 4) is 5.75 Å². The number of ether oxygens (including phenoxy) is 1. The monoisotopic (exact) mass is 324 g/mol. The minimum Gasteiger partial charge on any atom is -0.496 e. The largest absolute Gasteiger partial charge is 0.496 e. The van der Waals surface area contributed by atoms with Crippen LogP contribution in [0.3, 0.4) is 0 Å². The molecule has 0 aliphatic carbocycles. The summed E-state index contributed by atoms with van der Waals surface area (Å²) >= 11 is 0.384. The Bertz CT molecular complexity index is 699. The van der Waals surface area contributed by atoms with Crippen molar-refractivity contribution in [1.82, 2.24) is 9.78 Å². The van der Waals surface area contributed by atoms with Crippen molar-refractivity contribution in [2.24, 2.45) is 7.05 Å². The highest BCUT2D eigenvalue weighted by Crippen LogP contribution is 2.34. The number of methoxy groups -OCH3 is 1. The summed E-state index contributed by atoms with van der Waals surface area (Å²) in [5.74, 6) is -2.53. The number of carbonyl (C=O) groups excluding carboxylic acids is 1. The van der Waals surface area contributed by atoms with Crippen LogP contribution in [0.2, 0.25) is 0 Å². The number of allylic oxidation sites excluding steroid dienone is 1. The minimum absolute atomic E-state index is 0.243. The molecule has 7 heteroatoms. The molecule has 0 atom stereocenters. The lowest BCUT2D eigenvalue weighted by atomic mass is 10.1. The van der Waals surface area contributed by atoms with E-state index >= 15 is 0 Å². The van der Waals surface area contributed by atoms with Crippen LogP contribution in [0.1, 0.15) is 16.1 Å². The number of hydrogen-bond donors (Lipinski definition) is 0. The second kappa shape index (κ2) is 7.22. The SMILES string of the molecule is COc1cc(C(=O)/C=C\c2ccnn2C)ccc1SC(F)F. The van der Waals surface area contributed by atoms with E-state index in [1.165, 1.54) is 31.4 Å². The number of halogens is 2. The van der Waals surface area contributed by atoms with Gasteiger partial charge in [0.25, 0.3) is 5.76 Å². The summed E-state index contributed by atoms with van der Waals surface area (Å²) in [4.78, 5) is 12.4. The fourth-order valence-electron chi connectivity index (χ4n) is 1.82. The highest BCUT2D eigenvalue weighted by atomic mass is 32.2. The number of aryl methyl sites for hydroxylation is 1. The van der Waals surface area contributed by atoms with Crippen molar-refractivity contribution in [3.05, 3.63) is 47.8 Å². The minimum atomic E-state index is -2.54. The first-order valence-electron chi connectivity index (χ1n) is 6.34. The van der Waals surface area contributed by atoms with Gasteiger partial charge in [0.05, 0.1) is 17.7 Å². The average molecular weight is 324 g/mol. The summed E-state index contributed by atoms with van der Waals surface area (Å²) in [6, 6.07) is 6.19. The predicted molar refractivity (Wildman–Crippen MR) is 81.4 cm³/mol. The molecule has 1 heterocycles. The van der Waals surface area contributed by atoms with Gasteiger partial charge in [-0.1, -0.05) is 11.8 Å². The zero-order chi connectivity index (χ0) is 16.1.